The van der Waals surface area contributed by atoms with Crippen molar-refractivity contribution in [2.45, 2.75) is 6.42 Å². The fourth-order valence-electron chi connectivity index (χ4n) is 1.02. The second-order valence-corrected chi connectivity index (χ2v) is 2.93. The van der Waals surface area contributed by atoms with Crippen molar-refractivity contribution in [3.8, 4) is 0 Å². The third-order valence-electron chi connectivity index (χ3n) is 1.78. The highest BCUT2D eigenvalue weighted by molar-refractivity contribution is 5.91. The van der Waals surface area contributed by atoms with Crippen LogP contribution in [0.2, 0.25) is 0 Å². The van der Waals surface area contributed by atoms with E-state index in [0.29, 0.717) is 12.1 Å². The van der Waals surface area contributed by atoms with Crippen molar-refractivity contribution < 1.29 is 14.6 Å². The van der Waals surface area contributed by atoms with Crippen molar-refractivity contribution in [3.05, 3.63) is 23.7 Å². The summed E-state index contributed by atoms with van der Waals surface area (Å²) in [4.78, 5) is 19.1. The van der Waals surface area contributed by atoms with Gasteiger partial charge in [0.2, 0.25) is 0 Å². The maximum atomic E-state index is 11.2. The molecule has 6 nitrogen and oxygen atoms in total. The highest BCUT2D eigenvalue weighted by Gasteiger charge is 2.12. The smallest absolute Gasteiger partial charge is 0.360 e. The summed E-state index contributed by atoms with van der Waals surface area (Å²) in [6, 6.07) is 0. The van der Waals surface area contributed by atoms with E-state index in [2.05, 4.69) is 14.7 Å². The Labute approximate surface area is 92.8 Å². The number of aliphatic hydroxyl groups excluding tert-OH is 1. The molecule has 0 unspecified atom stereocenters. The minimum atomic E-state index is -0.623. The molecule has 86 valence electrons. The number of carbonyl (C=O) groups excluding carboxylic acids is 1. The molecule has 0 saturated carbocycles. The molecule has 3 N–H and O–H groups in total. The SMILES string of the molecule is COC(=O)c1nc(C=CCCO)cnc1N. The lowest BCUT2D eigenvalue weighted by molar-refractivity contribution is 0.0595. The summed E-state index contributed by atoms with van der Waals surface area (Å²) in [6.45, 7) is 0.0583. The molecule has 1 aromatic heterocycles. The first-order chi connectivity index (χ1) is 7.69. The number of anilines is 1. The average molecular weight is 223 g/mol. The number of hydrogen-bond donors (Lipinski definition) is 2. The second kappa shape index (κ2) is 5.82. The van der Waals surface area contributed by atoms with Crippen molar-refractivity contribution >= 4 is 17.9 Å². The van der Waals surface area contributed by atoms with Crippen LogP contribution >= 0.6 is 0 Å². The van der Waals surface area contributed by atoms with E-state index in [1.54, 1.807) is 12.2 Å². The van der Waals surface area contributed by atoms with Gasteiger partial charge in [-0.2, -0.15) is 0 Å². The Morgan fingerprint density at radius 3 is 3.06 bits per heavy atom. The molecule has 0 aromatic carbocycles. The average Bonchev–Trinajstić information content (AvgIpc) is 2.30. The third kappa shape index (κ3) is 3.03. The zero-order chi connectivity index (χ0) is 12.0. The van der Waals surface area contributed by atoms with Crippen molar-refractivity contribution in [1.29, 1.82) is 0 Å². The van der Waals surface area contributed by atoms with Crippen molar-refractivity contribution in [2.75, 3.05) is 19.5 Å². The van der Waals surface area contributed by atoms with Crippen LogP contribution in [0.1, 0.15) is 22.6 Å². The Morgan fingerprint density at radius 2 is 2.44 bits per heavy atom. The van der Waals surface area contributed by atoms with Crippen LogP contribution in [0.3, 0.4) is 0 Å². The first kappa shape index (κ1) is 12.1. The molecule has 0 bridgehead atoms. The molecule has 0 saturated heterocycles. The number of nitrogens with two attached hydrogens (primary N) is 1. The van der Waals surface area contributed by atoms with Crippen molar-refractivity contribution in [3.63, 3.8) is 0 Å². The maximum absolute atomic E-state index is 11.2. The molecule has 0 fully saturated rings. The van der Waals surface area contributed by atoms with Gasteiger partial charge in [-0.25, -0.2) is 14.8 Å². The van der Waals surface area contributed by atoms with Crippen LogP contribution in [-0.4, -0.2) is 34.8 Å². The summed E-state index contributed by atoms with van der Waals surface area (Å²) in [5, 5.41) is 8.59. The van der Waals surface area contributed by atoms with Crippen molar-refractivity contribution in [2.24, 2.45) is 0 Å². The number of esters is 1. The summed E-state index contributed by atoms with van der Waals surface area (Å²) in [5.41, 5.74) is 5.97. The molecular formula is C10H13N3O3. The molecule has 1 aromatic rings. The monoisotopic (exact) mass is 223 g/mol. The zero-order valence-corrected chi connectivity index (χ0v) is 8.88. The Balaban J connectivity index is 2.93. The summed E-state index contributed by atoms with van der Waals surface area (Å²) in [7, 11) is 1.25. The number of methoxy groups -OCH3 is 1. The van der Waals surface area contributed by atoms with Crippen LogP contribution in [0.4, 0.5) is 5.82 Å². The van der Waals surface area contributed by atoms with E-state index in [-0.39, 0.29) is 18.1 Å². The molecule has 6 heteroatoms. The minimum Gasteiger partial charge on any atom is -0.464 e. The van der Waals surface area contributed by atoms with Gasteiger partial charge in [-0.1, -0.05) is 6.08 Å². The molecule has 0 amide bonds. The summed E-state index contributed by atoms with van der Waals surface area (Å²) in [6.07, 6.45) is 5.33. The summed E-state index contributed by atoms with van der Waals surface area (Å²) >= 11 is 0. The Kier molecular flexibility index (Phi) is 4.41. The third-order valence-corrected chi connectivity index (χ3v) is 1.78. The molecule has 1 rings (SSSR count). The van der Waals surface area contributed by atoms with E-state index in [1.165, 1.54) is 13.3 Å². The number of aromatic nitrogens is 2. The van der Waals surface area contributed by atoms with Gasteiger partial charge in [-0.15, -0.1) is 0 Å². The van der Waals surface area contributed by atoms with Gasteiger partial charge in [0.1, 0.15) is 0 Å². The lowest BCUT2D eigenvalue weighted by atomic mass is 10.3. The van der Waals surface area contributed by atoms with Crippen LogP contribution in [-0.2, 0) is 4.74 Å². The molecule has 0 aliphatic heterocycles. The molecule has 1 heterocycles. The molecular weight excluding hydrogens is 210 g/mol. The maximum Gasteiger partial charge on any atom is 0.360 e. The van der Waals surface area contributed by atoms with Crippen LogP contribution in [0.25, 0.3) is 6.08 Å². The zero-order valence-electron chi connectivity index (χ0n) is 8.88. The molecule has 0 atom stereocenters. The van der Waals surface area contributed by atoms with E-state index >= 15 is 0 Å². The Morgan fingerprint density at radius 1 is 1.69 bits per heavy atom. The summed E-state index contributed by atoms with van der Waals surface area (Å²) in [5.74, 6) is -0.589. The summed E-state index contributed by atoms with van der Waals surface area (Å²) < 4.78 is 4.51. The lowest BCUT2D eigenvalue weighted by Crippen LogP contribution is -2.10. The quantitative estimate of drug-likeness (QED) is 0.709. The Bertz CT molecular complexity index is 404. The van der Waals surface area contributed by atoms with E-state index in [1.807, 2.05) is 0 Å². The van der Waals surface area contributed by atoms with E-state index < -0.39 is 5.97 Å². The fraction of sp³-hybridized carbons (Fsp3) is 0.300. The number of rotatable bonds is 4. The standard InChI is InChI=1S/C10H13N3O3/c1-16-10(15)8-9(11)12-6-7(13-8)4-2-3-5-14/h2,4,6,14H,3,5H2,1H3,(H2,11,12). The number of aliphatic hydroxyl groups is 1. The molecule has 0 aliphatic carbocycles. The Hall–Kier alpha value is -1.95. The molecule has 16 heavy (non-hydrogen) atoms. The van der Waals surface area contributed by atoms with Gasteiger partial charge in [0.25, 0.3) is 0 Å². The molecule has 0 spiro atoms. The van der Waals surface area contributed by atoms with Crippen LogP contribution in [0.15, 0.2) is 12.3 Å². The minimum absolute atomic E-state index is 0.00588. The van der Waals surface area contributed by atoms with Gasteiger partial charge in [0.15, 0.2) is 11.5 Å². The van der Waals surface area contributed by atoms with Gasteiger partial charge < -0.3 is 15.6 Å². The van der Waals surface area contributed by atoms with Gasteiger partial charge in [-0.05, 0) is 12.5 Å². The van der Waals surface area contributed by atoms with Gasteiger partial charge >= 0.3 is 5.97 Å². The second-order valence-electron chi connectivity index (χ2n) is 2.93. The topological polar surface area (TPSA) is 98.3 Å². The van der Waals surface area contributed by atoms with Gasteiger partial charge in [-0.3, -0.25) is 0 Å². The van der Waals surface area contributed by atoms with Crippen LogP contribution in [0, 0.1) is 0 Å². The number of nitrogens with zero attached hydrogens (tertiary/aromatic N) is 2. The lowest BCUT2D eigenvalue weighted by Gasteiger charge is -2.02. The van der Waals surface area contributed by atoms with E-state index in [0.717, 1.165) is 0 Å². The van der Waals surface area contributed by atoms with Gasteiger partial charge in [0, 0.05) is 6.61 Å². The predicted molar refractivity (Wildman–Crippen MR) is 58.5 cm³/mol. The van der Waals surface area contributed by atoms with Crippen LogP contribution < -0.4 is 5.73 Å². The van der Waals surface area contributed by atoms with Gasteiger partial charge in [0.05, 0.1) is 19.0 Å². The first-order valence-electron chi connectivity index (χ1n) is 4.67. The fourth-order valence-corrected chi connectivity index (χ4v) is 1.02. The highest BCUT2D eigenvalue weighted by atomic mass is 16.5. The normalized spacial score (nSPS) is 10.6. The largest absolute Gasteiger partial charge is 0.464 e. The highest BCUT2D eigenvalue weighted by Crippen LogP contribution is 2.08. The van der Waals surface area contributed by atoms with E-state index in [9.17, 15) is 4.79 Å². The van der Waals surface area contributed by atoms with Crippen LogP contribution in [0.5, 0.6) is 0 Å². The number of nitrogen functional groups attached to an aromatic ring is 1. The number of carbonyl (C=O) groups is 1. The first-order valence-corrected chi connectivity index (χ1v) is 4.67. The van der Waals surface area contributed by atoms with E-state index in [4.69, 9.17) is 10.8 Å². The van der Waals surface area contributed by atoms with Crippen molar-refractivity contribution in [1.82, 2.24) is 9.97 Å². The molecule has 0 radical (unpaired) electrons. The number of hydrogen-bond acceptors (Lipinski definition) is 6. The number of ether oxygens (including phenoxy) is 1. The molecule has 0 aliphatic rings. The predicted octanol–water partition coefficient (Wildman–Crippen LogP) is 0.241.